The predicted molar refractivity (Wildman–Crippen MR) is 134 cm³/mol. The number of hydrogen-bond acceptors (Lipinski definition) is 4. The van der Waals surface area contributed by atoms with Crippen molar-refractivity contribution in [3.8, 4) is 0 Å². The molecule has 0 unspecified atom stereocenters. The molecule has 2 heterocycles. The minimum absolute atomic E-state index is 0. The van der Waals surface area contributed by atoms with Crippen LogP contribution in [0.4, 0.5) is 0 Å². The van der Waals surface area contributed by atoms with E-state index in [1.54, 1.807) is 0 Å². The summed E-state index contributed by atoms with van der Waals surface area (Å²) in [6.45, 7) is 13.7. The van der Waals surface area contributed by atoms with Crippen LogP contribution in [0.15, 0.2) is 11.1 Å². The van der Waals surface area contributed by atoms with E-state index in [1.165, 1.54) is 37.8 Å². The van der Waals surface area contributed by atoms with Crippen LogP contribution < -0.4 is 10.6 Å². The van der Waals surface area contributed by atoms with Crippen LogP contribution in [-0.2, 0) is 11.3 Å². The number of aryl methyl sites for hydroxylation is 3. The number of halogens is 1. The number of aliphatic imine (C=N–C) groups is 1. The molecule has 0 radical (unpaired) electrons. The van der Waals surface area contributed by atoms with Crippen LogP contribution in [0.3, 0.4) is 0 Å². The van der Waals surface area contributed by atoms with Gasteiger partial charge in [0.2, 0.25) is 0 Å². The average Bonchev–Trinajstić information content (AvgIpc) is 3.07. The molecule has 8 heteroatoms. The molecule has 7 nitrogen and oxygen atoms in total. The molecule has 30 heavy (non-hydrogen) atoms. The second kappa shape index (κ2) is 12.9. The van der Waals surface area contributed by atoms with Crippen LogP contribution in [-0.4, -0.2) is 72.1 Å². The van der Waals surface area contributed by atoms with Crippen LogP contribution in [0.2, 0.25) is 0 Å². The Morgan fingerprint density at radius 2 is 1.90 bits per heavy atom. The van der Waals surface area contributed by atoms with E-state index in [-0.39, 0.29) is 29.5 Å². The molecule has 0 atom stereocenters. The molecule has 1 aromatic heterocycles. The van der Waals surface area contributed by atoms with Gasteiger partial charge >= 0.3 is 0 Å². The number of guanidine groups is 1. The van der Waals surface area contributed by atoms with Crippen LogP contribution in [0.5, 0.6) is 0 Å². The predicted octanol–water partition coefficient (Wildman–Crippen LogP) is 3.10. The number of ether oxygens (including phenoxy) is 1. The highest BCUT2D eigenvalue weighted by Crippen LogP contribution is 2.34. The monoisotopic (exact) mass is 532 g/mol. The summed E-state index contributed by atoms with van der Waals surface area (Å²) in [4.78, 5) is 7.70. The Hall–Kier alpha value is -0.870. The van der Waals surface area contributed by atoms with Gasteiger partial charge in [-0.2, -0.15) is 5.10 Å². The van der Waals surface area contributed by atoms with Crippen molar-refractivity contribution in [1.82, 2.24) is 25.3 Å². The zero-order chi connectivity index (χ0) is 20.5. The SMILES string of the molecule is CCNC(=NCC1(N2CCOCC2)CCCCC1)NCCCn1nc(C)cc1C.I. The van der Waals surface area contributed by atoms with Crippen LogP contribution in [0.25, 0.3) is 0 Å². The molecule has 1 aromatic rings. The Morgan fingerprint density at radius 3 is 2.53 bits per heavy atom. The minimum atomic E-state index is 0. The summed E-state index contributed by atoms with van der Waals surface area (Å²) in [5, 5.41) is 11.5. The summed E-state index contributed by atoms with van der Waals surface area (Å²) >= 11 is 0. The molecule has 172 valence electrons. The number of morpholine rings is 1. The Morgan fingerprint density at radius 1 is 1.17 bits per heavy atom. The number of nitrogens with zero attached hydrogens (tertiary/aromatic N) is 4. The molecule has 2 fully saturated rings. The van der Waals surface area contributed by atoms with Crippen molar-refractivity contribution in [3.63, 3.8) is 0 Å². The first kappa shape index (κ1) is 25.4. The Bertz CT molecular complexity index is 650. The van der Waals surface area contributed by atoms with Gasteiger partial charge in [0.1, 0.15) is 0 Å². The molecule has 0 aromatic carbocycles. The topological polar surface area (TPSA) is 66.7 Å². The van der Waals surface area contributed by atoms with Gasteiger partial charge in [-0.05, 0) is 46.1 Å². The van der Waals surface area contributed by atoms with Gasteiger partial charge in [0.05, 0.1) is 25.5 Å². The van der Waals surface area contributed by atoms with Crippen molar-refractivity contribution < 1.29 is 4.74 Å². The lowest BCUT2D eigenvalue weighted by Gasteiger charge is -2.47. The Kier molecular flexibility index (Phi) is 10.9. The Balaban J connectivity index is 0.00000320. The molecule has 3 rings (SSSR count). The Labute approximate surface area is 199 Å². The number of nitrogens with one attached hydrogen (secondary N) is 2. The number of rotatable bonds is 8. The largest absolute Gasteiger partial charge is 0.379 e. The molecule has 1 aliphatic carbocycles. The third kappa shape index (κ3) is 7.09. The highest BCUT2D eigenvalue weighted by Gasteiger charge is 2.38. The van der Waals surface area contributed by atoms with E-state index in [0.29, 0.717) is 0 Å². The summed E-state index contributed by atoms with van der Waals surface area (Å²) in [5.41, 5.74) is 2.53. The van der Waals surface area contributed by atoms with E-state index in [2.05, 4.69) is 45.2 Å². The van der Waals surface area contributed by atoms with E-state index in [4.69, 9.17) is 9.73 Å². The van der Waals surface area contributed by atoms with Crippen molar-refractivity contribution >= 4 is 29.9 Å². The molecule has 1 aliphatic heterocycles. The van der Waals surface area contributed by atoms with Gasteiger partial charge in [-0.1, -0.05) is 19.3 Å². The van der Waals surface area contributed by atoms with Gasteiger partial charge < -0.3 is 15.4 Å². The van der Waals surface area contributed by atoms with Crippen molar-refractivity contribution in [1.29, 1.82) is 0 Å². The molecule has 1 saturated heterocycles. The summed E-state index contributed by atoms with van der Waals surface area (Å²) in [6.07, 6.45) is 7.54. The standard InChI is InChI=1S/C22H40N6O.HI/c1-4-23-21(24-11-8-12-28-20(3)17-19(2)26-28)25-18-22(9-6-5-7-10-22)27-13-15-29-16-14-27;/h17H,4-16,18H2,1-3H3,(H2,23,24,25);1H. The van der Waals surface area contributed by atoms with E-state index in [0.717, 1.165) is 70.6 Å². The summed E-state index contributed by atoms with van der Waals surface area (Å²) in [7, 11) is 0. The van der Waals surface area contributed by atoms with Crippen molar-refractivity contribution in [2.24, 2.45) is 4.99 Å². The van der Waals surface area contributed by atoms with Gasteiger partial charge in [-0.25, -0.2) is 0 Å². The maximum Gasteiger partial charge on any atom is 0.191 e. The second-order valence-electron chi connectivity index (χ2n) is 8.51. The highest BCUT2D eigenvalue weighted by molar-refractivity contribution is 14.0. The fourth-order valence-electron chi connectivity index (χ4n) is 4.73. The molecule has 0 spiro atoms. The van der Waals surface area contributed by atoms with Crippen molar-refractivity contribution in [2.45, 2.75) is 71.4 Å². The maximum atomic E-state index is 5.60. The average molecular weight is 533 g/mol. The lowest BCUT2D eigenvalue weighted by Crippen LogP contribution is -2.56. The van der Waals surface area contributed by atoms with E-state index in [1.807, 2.05) is 6.92 Å². The normalized spacial score (nSPS) is 19.9. The van der Waals surface area contributed by atoms with Gasteiger partial charge in [0, 0.05) is 44.0 Å². The van der Waals surface area contributed by atoms with E-state index in [9.17, 15) is 0 Å². The number of aromatic nitrogens is 2. The smallest absolute Gasteiger partial charge is 0.191 e. The van der Waals surface area contributed by atoms with E-state index >= 15 is 0 Å². The summed E-state index contributed by atoms with van der Waals surface area (Å²) in [5.74, 6) is 0.944. The quantitative estimate of drug-likeness (QED) is 0.233. The van der Waals surface area contributed by atoms with Crippen molar-refractivity contribution in [3.05, 3.63) is 17.5 Å². The second-order valence-corrected chi connectivity index (χ2v) is 8.51. The van der Waals surface area contributed by atoms with Crippen LogP contribution in [0, 0.1) is 13.8 Å². The molecule has 0 amide bonds. The molecule has 2 aliphatic rings. The zero-order valence-corrected chi connectivity index (χ0v) is 21.4. The third-order valence-electron chi connectivity index (χ3n) is 6.28. The highest BCUT2D eigenvalue weighted by atomic mass is 127. The van der Waals surface area contributed by atoms with Gasteiger partial charge in [0.25, 0.3) is 0 Å². The molecule has 2 N–H and O–H groups in total. The first-order valence-corrected chi connectivity index (χ1v) is 11.5. The van der Waals surface area contributed by atoms with Gasteiger partial charge in [-0.3, -0.25) is 14.6 Å². The first-order chi connectivity index (χ1) is 14.1. The summed E-state index contributed by atoms with van der Waals surface area (Å²) in [6, 6.07) is 2.13. The van der Waals surface area contributed by atoms with Gasteiger partial charge in [-0.15, -0.1) is 24.0 Å². The van der Waals surface area contributed by atoms with Gasteiger partial charge in [0.15, 0.2) is 5.96 Å². The minimum Gasteiger partial charge on any atom is -0.379 e. The third-order valence-corrected chi connectivity index (χ3v) is 6.28. The number of hydrogen-bond donors (Lipinski definition) is 2. The van der Waals surface area contributed by atoms with E-state index < -0.39 is 0 Å². The lowest BCUT2D eigenvalue weighted by molar-refractivity contribution is -0.0333. The molecule has 0 bridgehead atoms. The van der Waals surface area contributed by atoms with Crippen LogP contribution in [0.1, 0.15) is 56.8 Å². The molecule has 1 saturated carbocycles. The van der Waals surface area contributed by atoms with Crippen LogP contribution >= 0.6 is 24.0 Å². The molecular formula is C22H41IN6O. The maximum absolute atomic E-state index is 5.60. The van der Waals surface area contributed by atoms with Crippen molar-refractivity contribution in [2.75, 3.05) is 45.9 Å². The lowest BCUT2D eigenvalue weighted by atomic mass is 9.80. The first-order valence-electron chi connectivity index (χ1n) is 11.5. The summed E-state index contributed by atoms with van der Waals surface area (Å²) < 4.78 is 7.70. The fourth-order valence-corrected chi connectivity index (χ4v) is 4.73. The molecular weight excluding hydrogens is 491 g/mol. The zero-order valence-electron chi connectivity index (χ0n) is 19.1. The fraction of sp³-hybridized carbons (Fsp3) is 0.818.